The van der Waals surface area contributed by atoms with E-state index in [1.807, 2.05) is 16.9 Å². The molecule has 0 aliphatic carbocycles. The Morgan fingerprint density at radius 1 is 1.15 bits per heavy atom. The van der Waals surface area contributed by atoms with Crippen LogP contribution in [-0.2, 0) is 31.0 Å². The molecule has 1 aliphatic rings. The molecule has 0 bridgehead atoms. The molecule has 1 aliphatic heterocycles. The van der Waals surface area contributed by atoms with Gasteiger partial charge in [-0.15, -0.1) is 5.10 Å². The third-order valence-electron chi connectivity index (χ3n) is 4.48. The zero-order valence-electron chi connectivity index (χ0n) is 14.2. The number of aryl methyl sites for hydroxylation is 1. The Hall–Kier alpha value is -3.23. The Balaban J connectivity index is 1.53. The van der Waals surface area contributed by atoms with Crippen LogP contribution in [0.3, 0.4) is 0 Å². The number of aromatic nitrogens is 6. The lowest BCUT2D eigenvalue weighted by Crippen LogP contribution is -2.36. The largest absolute Gasteiger partial charge is 0.335 e. The first-order valence-corrected chi connectivity index (χ1v) is 8.52. The van der Waals surface area contributed by atoms with Crippen LogP contribution in [0.25, 0.3) is 0 Å². The van der Waals surface area contributed by atoms with Crippen LogP contribution in [0.4, 0.5) is 0 Å². The number of pyridine rings is 1. The maximum absolute atomic E-state index is 12.7. The van der Waals surface area contributed by atoms with E-state index in [0.29, 0.717) is 19.6 Å². The number of hydrogen-bond acceptors (Lipinski definition) is 5. The van der Waals surface area contributed by atoms with Crippen molar-refractivity contribution in [3.05, 3.63) is 64.6 Å². The summed E-state index contributed by atoms with van der Waals surface area (Å²) in [4.78, 5) is 26.4. The molecule has 3 aromatic rings. The van der Waals surface area contributed by atoms with Crippen LogP contribution < -0.4 is 5.56 Å². The van der Waals surface area contributed by atoms with Gasteiger partial charge in [0.1, 0.15) is 12.2 Å². The van der Waals surface area contributed by atoms with Gasteiger partial charge in [0.25, 0.3) is 5.56 Å². The first-order chi connectivity index (χ1) is 12.7. The highest BCUT2D eigenvalue weighted by Crippen LogP contribution is 2.16. The monoisotopic (exact) mass is 353 g/mol. The number of nitrogens with zero attached hydrogens (tertiary/aromatic N) is 7. The van der Waals surface area contributed by atoms with Gasteiger partial charge < -0.3 is 9.47 Å². The topological polar surface area (TPSA) is 90.8 Å². The third kappa shape index (κ3) is 3.28. The normalized spacial score (nSPS) is 14.1. The molecule has 1 amide bonds. The highest BCUT2D eigenvalue weighted by Gasteiger charge is 2.23. The number of rotatable bonds is 4. The summed E-state index contributed by atoms with van der Waals surface area (Å²) in [7, 11) is 0. The fourth-order valence-electron chi connectivity index (χ4n) is 3.11. The standard InChI is InChI=1S/C17H19N7O2/c25-16-5-1-2-7-22(16)13-17(26)21-8-4-10-24-15(12-21)14(19-20-24)11-23-9-3-6-18-23/h1-3,5-7,9H,4,8,10-13H2. The van der Waals surface area contributed by atoms with E-state index in [2.05, 4.69) is 15.4 Å². The summed E-state index contributed by atoms with van der Waals surface area (Å²) in [5.41, 5.74) is 1.55. The fraction of sp³-hybridized carbons (Fsp3) is 0.353. The van der Waals surface area contributed by atoms with Crippen molar-refractivity contribution in [1.29, 1.82) is 0 Å². The van der Waals surface area contributed by atoms with E-state index in [9.17, 15) is 9.59 Å². The van der Waals surface area contributed by atoms with Crippen molar-refractivity contribution >= 4 is 5.91 Å². The first kappa shape index (κ1) is 16.2. The molecule has 0 N–H and O–H groups in total. The van der Waals surface area contributed by atoms with Crippen molar-refractivity contribution in [3.63, 3.8) is 0 Å². The zero-order valence-corrected chi connectivity index (χ0v) is 14.2. The minimum Gasteiger partial charge on any atom is -0.335 e. The van der Waals surface area contributed by atoms with Crippen LogP contribution in [-0.4, -0.2) is 46.7 Å². The van der Waals surface area contributed by atoms with E-state index in [-0.39, 0.29) is 18.0 Å². The van der Waals surface area contributed by atoms with Gasteiger partial charge >= 0.3 is 0 Å². The Kier molecular flexibility index (Phi) is 4.34. The molecule has 0 unspecified atom stereocenters. The van der Waals surface area contributed by atoms with Crippen molar-refractivity contribution in [2.75, 3.05) is 6.54 Å². The summed E-state index contributed by atoms with van der Waals surface area (Å²) >= 11 is 0. The van der Waals surface area contributed by atoms with Gasteiger partial charge in [0, 0.05) is 37.7 Å². The molecule has 0 saturated heterocycles. The molecule has 0 aromatic carbocycles. The highest BCUT2D eigenvalue weighted by molar-refractivity contribution is 5.76. The predicted octanol–water partition coefficient (Wildman–Crippen LogP) is 0.117. The Morgan fingerprint density at radius 2 is 2.08 bits per heavy atom. The summed E-state index contributed by atoms with van der Waals surface area (Å²) in [6, 6.07) is 6.73. The summed E-state index contributed by atoms with van der Waals surface area (Å²) in [5, 5.41) is 12.7. The van der Waals surface area contributed by atoms with Crippen LogP contribution in [0.2, 0.25) is 0 Å². The third-order valence-corrected chi connectivity index (χ3v) is 4.48. The summed E-state index contributed by atoms with van der Waals surface area (Å²) < 4.78 is 5.07. The van der Waals surface area contributed by atoms with E-state index in [1.165, 1.54) is 10.6 Å². The molecule has 134 valence electrons. The van der Waals surface area contributed by atoms with E-state index in [0.717, 1.165) is 24.4 Å². The smallest absolute Gasteiger partial charge is 0.250 e. The lowest BCUT2D eigenvalue weighted by Gasteiger charge is -2.21. The van der Waals surface area contributed by atoms with Gasteiger partial charge in [-0.3, -0.25) is 14.3 Å². The Morgan fingerprint density at radius 3 is 2.88 bits per heavy atom. The van der Waals surface area contributed by atoms with Crippen molar-refractivity contribution in [2.24, 2.45) is 0 Å². The zero-order chi connectivity index (χ0) is 17.9. The van der Waals surface area contributed by atoms with Crippen molar-refractivity contribution in [2.45, 2.75) is 32.6 Å². The second-order valence-electron chi connectivity index (χ2n) is 6.25. The van der Waals surface area contributed by atoms with Crippen molar-refractivity contribution < 1.29 is 4.79 Å². The van der Waals surface area contributed by atoms with Crippen LogP contribution in [0, 0.1) is 0 Å². The van der Waals surface area contributed by atoms with E-state index >= 15 is 0 Å². The molecular formula is C17H19N7O2. The Labute approximate surface area is 149 Å². The second-order valence-corrected chi connectivity index (χ2v) is 6.25. The van der Waals surface area contributed by atoms with Crippen molar-refractivity contribution in [3.8, 4) is 0 Å². The maximum atomic E-state index is 12.7. The van der Waals surface area contributed by atoms with Crippen LogP contribution >= 0.6 is 0 Å². The number of carbonyl (C=O) groups is 1. The molecule has 0 fully saturated rings. The molecular weight excluding hydrogens is 334 g/mol. The van der Waals surface area contributed by atoms with E-state index in [4.69, 9.17) is 0 Å². The van der Waals surface area contributed by atoms with Crippen molar-refractivity contribution in [1.82, 2.24) is 34.2 Å². The lowest BCUT2D eigenvalue weighted by molar-refractivity contribution is -0.132. The molecule has 0 saturated carbocycles. The Bertz CT molecular complexity index is 958. The number of hydrogen-bond donors (Lipinski definition) is 0. The SMILES string of the molecule is O=C(Cn1ccccc1=O)N1CCCn2nnc(Cn3cccn3)c2C1. The molecule has 0 radical (unpaired) electrons. The molecule has 3 aromatic heterocycles. The number of fused-ring (bicyclic) bond motifs is 1. The summed E-state index contributed by atoms with van der Waals surface area (Å²) in [6.45, 7) is 2.34. The van der Waals surface area contributed by atoms with Crippen LogP contribution in [0.1, 0.15) is 17.8 Å². The lowest BCUT2D eigenvalue weighted by atomic mass is 10.3. The molecule has 4 rings (SSSR count). The average Bonchev–Trinajstić information content (AvgIpc) is 3.22. The molecule has 26 heavy (non-hydrogen) atoms. The average molecular weight is 353 g/mol. The quantitative estimate of drug-likeness (QED) is 0.664. The minimum atomic E-state index is -0.179. The second kappa shape index (κ2) is 6.95. The van der Waals surface area contributed by atoms with E-state index < -0.39 is 0 Å². The molecule has 9 nitrogen and oxygen atoms in total. The van der Waals surface area contributed by atoms with Crippen LogP contribution in [0.15, 0.2) is 47.7 Å². The molecule has 0 spiro atoms. The van der Waals surface area contributed by atoms with Gasteiger partial charge in [-0.2, -0.15) is 5.10 Å². The van der Waals surface area contributed by atoms with Crippen LogP contribution in [0.5, 0.6) is 0 Å². The molecule has 0 atom stereocenters. The highest BCUT2D eigenvalue weighted by atomic mass is 16.2. The van der Waals surface area contributed by atoms with Gasteiger partial charge in [0.2, 0.25) is 5.91 Å². The van der Waals surface area contributed by atoms with Gasteiger partial charge in [-0.25, -0.2) is 4.68 Å². The minimum absolute atomic E-state index is 0.0374. The van der Waals surface area contributed by atoms with E-state index in [1.54, 1.807) is 34.1 Å². The first-order valence-electron chi connectivity index (χ1n) is 8.52. The van der Waals surface area contributed by atoms with Gasteiger partial charge in [-0.05, 0) is 18.6 Å². The van der Waals surface area contributed by atoms with Gasteiger partial charge in [-0.1, -0.05) is 11.3 Å². The number of carbonyl (C=O) groups excluding carboxylic acids is 1. The molecule has 4 heterocycles. The molecule has 9 heteroatoms. The predicted molar refractivity (Wildman–Crippen MR) is 92.1 cm³/mol. The van der Waals surface area contributed by atoms with Gasteiger partial charge in [0.15, 0.2) is 0 Å². The van der Waals surface area contributed by atoms with Gasteiger partial charge in [0.05, 0.1) is 18.8 Å². The number of amides is 1. The maximum Gasteiger partial charge on any atom is 0.250 e. The summed E-state index contributed by atoms with van der Waals surface area (Å²) in [5.74, 6) is -0.0852. The summed E-state index contributed by atoms with van der Waals surface area (Å²) in [6.07, 6.45) is 6.02. The fourth-order valence-corrected chi connectivity index (χ4v) is 3.11.